The first-order chi connectivity index (χ1) is 10.3. The number of anilines is 1. The largest absolute Gasteiger partial charge is 0.545 e. The van der Waals surface area contributed by atoms with Gasteiger partial charge in [0.2, 0.25) is 20.0 Å². The highest BCUT2D eigenvalue weighted by molar-refractivity contribution is 7.92. The van der Waals surface area contributed by atoms with E-state index in [9.17, 15) is 26.7 Å². The Labute approximate surface area is 133 Å². The summed E-state index contributed by atoms with van der Waals surface area (Å²) in [4.78, 5) is 11.4. The number of sulfonamides is 1. The topological polar surface area (TPSA) is 125 Å². The van der Waals surface area contributed by atoms with Gasteiger partial charge in [0.15, 0.2) is 0 Å². The van der Waals surface area contributed by atoms with Gasteiger partial charge in [0.1, 0.15) is 0 Å². The average Bonchev–Trinajstić information content (AvgIpc) is 2.58. The molecule has 0 atom stereocenters. The Balaban J connectivity index is 2.97. The van der Waals surface area contributed by atoms with Crippen molar-refractivity contribution in [3.63, 3.8) is 0 Å². The van der Waals surface area contributed by atoms with E-state index < -0.39 is 26.0 Å². The van der Waals surface area contributed by atoms with Gasteiger partial charge in [-0.2, -0.15) is 0 Å². The maximum Gasteiger partial charge on any atom is 0.236 e. The number of aromatic nitrogens is 1. The molecule has 1 N–H and O–H groups in total. The van der Waals surface area contributed by atoms with E-state index in [1.54, 1.807) is 6.92 Å². The summed E-state index contributed by atoms with van der Waals surface area (Å²) < 4.78 is 49.9. The number of hydrogen-bond donors (Lipinski definition) is 1. The fourth-order valence-corrected chi connectivity index (χ4v) is 4.25. The van der Waals surface area contributed by atoms with Gasteiger partial charge in [0, 0.05) is 16.6 Å². The summed E-state index contributed by atoms with van der Waals surface area (Å²) in [6, 6.07) is 2.72. The predicted octanol–water partition coefficient (Wildman–Crippen LogP) is -0.199. The zero-order valence-corrected chi connectivity index (χ0v) is 14.5. The smallest absolute Gasteiger partial charge is 0.236 e. The number of nitrogens with zero attached hydrogens (tertiary/aromatic N) is 1. The molecule has 0 saturated carbocycles. The molecule has 10 heteroatoms. The third-order valence-corrected chi connectivity index (χ3v) is 5.05. The second-order valence-electron chi connectivity index (χ2n) is 5.33. The number of carbonyl (C=O) groups excluding carboxylic acids is 1. The van der Waals surface area contributed by atoms with Crippen molar-refractivity contribution in [3.05, 3.63) is 29.0 Å². The lowest BCUT2D eigenvalue weighted by Crippen LogP contribution is -2.23. The van der Waals surface area contributed by atoms with Crippen LogP contribution in [0, 0.1) is 13.8 Å². The Morgan fingerprint density at radius 2 is 1.70 bits per heavy atom. The number of nitrogens with one attached hydrogen (secondary N) is 1. The van der Waals surface area contributed by atoms with Gasteiger partial charge in [-0.1, -0.05) is 0 Å². The third kappa shape index (κ3) is 3.17. The molecule has 0 spiro atoms. The predicted molar refractivity (Wildman–Crippen MR) is 84.5 cm³/mol. The first kappa shape index (κ1) is 17.3. The molecule has 0 aliphatic rings. The Morgan fingerprint density at radius 3 is 2.13 bits per heavy atom. The molecule has 0 unspecified atom stereocenters. The van der Waals surface area contributed by atoms with E-state index in [-0.39, 0.29) is 27.8 Å². The standard InChI is InChI=1S/C13H16N2O6S2/c1-7-5-11-9(6-10(7)14-22(3,18)19)12(13(16)17)8(2)15(11)23(4,20)21/h5-6,14H,1-4H3,(H,16,17)/p-1. The molecule has 126 valence electrons. The summed E-state index contributed by atoms with van der Waals surface area (Å²) in [7, 11) is -7.32. The van der Waals surface area contributed by atoms with Gasteiger partial charge < -0.3 is 9.90 Å². The van der Waals surface area contributed by atoms with Crippen molar-refractivity contribution in [2.75, 3.05) is 17.2 Å². The molecule has 0 radical (unpaired) electrons. The molecular formula is C13H15N2O6S2-. The van der Waals surface area contributed by atoms with Crippen LogP contribution in [0.4, 0.5) is 5.69 Å². The Kier molecular flexibility index (Phi) is 3.94. The van der Waals surface area contributed by atoms with Crippen LogP contribution < -0.4 is 9.83 Å². The normalized spacial score (nSPS) is 12.5. The molecule has 1 heterocycles. The summed E-state index contributed by atoms with van der Waals surface area (Å²) >= 11 is 0. The molecule has 2 rings (SSSR count). The number of aryl methyl sites for hydroxylation is 1. The van der Waals surface area contributed by atoms with Gasteiger partial charge in [-0.05, 0) is 31.5 Å². The van der Waals surface area contributed by atoms with Crippen molar-refractivity contribution in [1.82, 2.24) is 3.97 Å². The van der Waals surface area contributed by atoms with Crippen LogP contribution in [0.25, 0.3) is 10.9 Å². The zero-order chi connectivity index (χ0) is 17.7. The van der Waals surface area contributed by atoms with Crippen molar-refractivity contribution in [3.8, 4) is 0 Å². The number of fused-ring (bicyclic) bond motifs is 1. The van der Waals surface area contributed by atoms with E-state index in [1.165, 1.54) is 19.1 Å². The van der Waals surface area contributed by atoms with Gasteiger partial charge in [-0.3, -0.25) is 4.72 Å². The zero-order valence-electron chi connectivity index (χ0n) is 12.9. The number of carboxylic acids is 1. The van der Waals surface area contributed by atoms with Gasteiger partial charge in [-0.25, -0.2) is 20.8 Å². The quantitative estimate of drug-likeness (QED) is 0.806. The molecule has 1 aromatic heterocycles. The molecule has 0 aliphatic carbocycles. The van der Waals surface area contributed by atoms with Crippen LogP contribution in [-0.2, 0) is 20.0 Å². The van der Waals surface area contributed by atoms with Gasteiger partial charge in [0.25, 0.3) is 0 Å². The molecule has 0 bridgehead atoms. The average molecular weight is 359 g/mol. The van der Waals surface area contributed by atoms with Crippen molar-refractivity contribution < 1.29 is 26.7 Å². The molecule has 0 fully saturated rings. The van der Waals surface area contributed by atoms with Crippen LogP contribution in [0.5, 0.6) is 0 Å². The summed E-state index contributed by atoms with van der Waals surface area (Å²) in [5, 5.41) is 11.5. The van der Waals surface area contributed by atoms with Crippen LogP contribution in [0.3, 0.4) is 0 Å². The lowest BCUT2D eigenvalue weighted by molar-refractivity contribution is -0.254. The minimum absolute atomic E-state index is 0.00148. The lowest BCUT2D eigenvalue weighted by atomic mass is 10.1. The maximum absolute atomic E-state index is 12.0. The fourth-order valence-electron chi connectivity index (χ4n) is 2.53. The van der Waals surface area contributed by atoms with Gasteiger partial charge in [-0.15, -0.1) is 0 Å². The molecule has 2 aromatic rings. The second kappa shape index (κ2) is 5.24. The Bertz CT molecular complexity index is 1030. The minimum Gasteiger partial charge on any atom is -0.545 e. The molecule has 0 amide bonds. The number of rotatable bonds is 4. The van der Waals surface area contributed by atoms with E-state index in [0.29, 0.717) is 5.56 Å². The number of hydrogen-bond acceptors (Lipinski definition) is 6. The Hall–Kier alpha value is -2.07. The van der Waals surface area contributed by atoms with Gasteiger partial charge in [0.05, 0.1) is 29.7 Å². The summed E-state index contributed by atoms with van der Waals surface area (Å²) in [5.74, 6) is -1.54. The van der Waals surface area contributed by atoms with Crippen LogP contribution in [0.1, 0.15) is 21.6 Å². The van der Waals surface area contributed by atoms with Crippen LogP contribution in [0.15, 0.2) is 12.1 Å². The number of benzene rings is 1. The fraction of sp³-hybridized carbons (Fsp3) is 0.308. The van der Waals surface area contributed by atoms with Crippen LogP contribution >= 0.6 is 0 Å². The third-order valence-electron chi connectivity index (χ3n) is 3.33. The molecular weight excluding hydrogens is 344 g/mol. The number of aromatic carboxylic acids is 1. The lowest BCUT2D eigenvalue weighted by Gasteiger charge is -2.10. The summed E-state index contributed by atoms with van der Waals surface area (Å²) in [5.41, 5.74) is 0.490. The number of carbonyl (C=O) groups is 1. The van der Waals surface area contributed by atoms with E-state index in [4.69, 9.17) is 0 Å². The van der Waals surface area contributed by atoms with Crippen molar-refractivity contribution >= 4 is 42.6 Å². The van der Waals surface area contributed by atoms with E-state index in [0.717, 1.165) is 16.5 Å². The van der Waals surface area contributed by atoms with Gasteiger partial charge >= 0.3 is 0 Å². The Morgan fingerprint density at radius 1 is 1.13 bits per heavy atom. The maximum atomic E-state index is 12.0. The van der Waals surface area contributed by atoms with Crippen LogP contribution in [-0.4, -0.2) is 39.3 Å². The first-order valence-electron chi connectivity index (χ1n) is 6.38. The molecule has 0 aliphatic heterocycles. The van der Waals surface area contributed by atoms with E-state index >= 15 is 0 Å². The number of carboxylic acid groups (broad SMARTS) is 1. The highest BCUT2D eigenvalue weighted by atomic mass is 32.2. The minimum atomic E-state index is -3.75. The highest BCUT2D eigenvalue weighted by Gasteiger charge is 2.22. The second-order valence-corrected chi connectivity index (χ2v) is 8.91. The SMILES string of the molecule is Cc1cc2c(cc1NS(C)(=O)=O)c(C(=O)[O-])c(C)n2S(C)(=O)=O. The molecule has 23 heavy (non-hydrogen) atoms. The molecule has 0 saturated heterocycles. The highest BCUT2D eigenvalue weighted by Crippen LogP contribution is 2.32. The van der Waals surface area contributed by atoms with Crippen molar-refractivity contribution in [2.24, 2.45) is 0 Å². The molecule has 8 nitrogen and oxygen atoms in total. The first-order valence-corrected chi connectivity index (χ1v) is 10.1. The molecule has 1 aromatic carbocycles. The van der Waals surface area contributed by atoms with E-state index in [1.807, 2.05) is 0 Å². The van der Waals surface area contributed by atoms with Crippen molar-refractivity contribution in [1.29, 1.82) is 0 Å². The summed E-state index contributed by atoms with van der Waals surface area (Å²) in [6.45, 7) is 2.94. The van der Waals surface area contributed by atoms with Crippen LogP contribution in [0.2, 0.25) is 0 Å². The van der Waals surface area contributed by atoms with Crippen molar-refractivity contribution in [2.45, 2.75) is 13.8 Å². The monoisotopic (exact) mass is 359 g/mol. The summed E-state index contributed by atoms with van der Waals surface area (Å²) in [6.07, 6.45) is 1.92. The van der Waals surface area contributed by atoms with E-state index in [2.05, 4.69) is 4.72 Å².